The predicted molar refractivity (Wildman–Crippen MR) is 77.7 cm³/mol. The Morgan fingerprint density at radius 1 is 1.37 bits per heavy atom. The van der Waals surface area contributed by atoms with Gasteiger partial charge in [-0.25, -0.2) is 12.8 Å². The monoisotopic (exact) mass is 352 g/mol. The number of rotatable bonds is 6. The molecule has 0 aromatic heterocycles. The maximum Gasteiger partial charge on any atom is 0.161 e. The van der Waals surface area contributed by atoms with Gasteiger partial charge in [0.15, 0.2) is 9.84 Å². The van der Waals surface area contributed by atoms with Crippen LogP contribution in [0.4, 0.5) is 4.39 Å². The molecular formula is C13H18BrFO3S. The van der Waals surface area contributed by atoms with Crippen LogP contribution in [-0.4, -0.2) is 27.9 Å². The Balaban J connectivity index is 3.19. The van der Waals surface area contributed by atoms with Gasteiger partial charge in [0.05, 0.1) is 17.1 Å². The summed E-state index contributed by atoms with van der Waals surface area (Å²) in [4.78, 5) is 0. The lowest BCUT2D eigenvalue weighted by molar-refractivity contribution is 0.216. The highest BCUT2D eigenvalue weighted by molar-refractivity contribution is 9.08. The van der Waals surface area contributed by atoms with Crippen molar-refractivity contribution in [2.45, 2.75) is 23.9 Å². The van der Waals surface area contributed by atoms with E-state index in [-0.39, 0.29) is 18.2 Å². The smallest absolute Gasteiger partial charge is 0.161 e. The van der Waals surface area contributed by atoms with E-state index in [2.05, 4.69) is 15.9 Å². The molecule has 3 nitrogen and oxygen atoms in total. The molecule has 0 amide bonds. The Kier molecular flexibility index (Phi) is 5.53. The van der Waals surface area contributed by atoms with Crippen molar-refractivity contribution in [3.05, 3.63) is 35.1 Å². The molecule has 0 aliphatic heterocycles. The summed E-state index contributed by atoms with van der Waals surface area (Å²) in [6.45, 7) is 3.41. The molecule has 0 radical (unpaired) electrons. The van der Waals surface area contributed by atoms with Gasteiger partial charge in [-0.15, -0.1) is 0 Å². The van der Waals surface area contributed by atoms with E-state index in [1.807, 2.05) is 0 Å². The van der Waals surface area contributed by atoms with Crippen LogP contribution in [-0.2, 0) is 24.7 Å². The first kappa shape index (κ1) is 16.6. The fourth-order valence-corrected chi connectivity index (χ4v) is 3.49. The van der Waals surface area contributed by atoms with Crippen LogP contribution < -0.4 is 0 Å². The molecule has 0 spiro atoms. The highest BCUT2D eigenvalue weighted by Gasteiger charge is 2.35. The molecule has 0 N–H and O–H groups in total. The largest absolute Gasteiger partial charge is 0.384 e. The standard InChI is InChI=1S/C13H18BrFO3S/c1-13(2,19(16,17)7-6-18-3)11-4-5-12(15)10(8-11)9-14/h4-5,8H,6-7,9H2,1-3H3. The summed E-state index contributed by atoms with van der Waals surface area (Å²) in [5.74, 6) is -0.400. The van der Waals surface area contributed by atoms with Crippen LogP contribution in [0.25, 0.3) is 0 Å². The highest BCUT2D eigenvalue weighted by atomic mass is 79.9. The first-order valence-corrected chi connectivity index (χ1v) is 8.59. The molecule has 0 atom stereocenters. The minimum atomic E-state index is -3.38. The third kappa shape index (κ3) is 3.55. The van der Waals surface area contributed by atoms with Gasteiger partial charge >= 0.3 is 0 Å². The van der Waals surface area contributed by atoms with E-state index >= 15 is 0 Å². The molecule has 6 heteroatoms. The lowest BCUT2D eigenvalue weighted by atomic mass is 10.00. The van der Waals surface area contributed by atoms with Crippen molar-refractivity contribution in [1.29, 1.82) is 0 Å². The number of sulfone groups is 1. The van der Waals surface area contributed by atoms with Crippen molar-refractivity contribution in [3.8, 4) is 0 Å². The van der Waals surface area contributed by atoms with Gasteiger partial charge in [-0.2, -0.15) is 0 Å². The van der Waals surface area contributed by atoms with Gasteiger partial charge < -0.3 is 4.74 Å². The molecule has 0 heterocycles. The van der Waals surface area contributed by atoms with Crippen LogP contribution in [0.5, 0.6) is 0 Å². The first-order valence-electron chi connectivity index (χ1n) is 5.82. The lowest BCUT2D eigenvalue weighted by Gasteiger charge is -2.26. The van der Waals surface area contributed by atoms with Crippen LogP contribution in [0.1, 0.15) is 25.0 Å². The molecule has 108 valence electrons. The van der Waals surface area contributed by atoms with E-state index in [1.165, 1.54) is 19.2 Å². The van der Waals surface area contributed by atoms with Crippen molar-refractivity contribution in [2.75, 3.05) is 19.5 Å². The maximum atomic E-state index is 13.5. The summed E-state index contributed by atoms with van der Waals surface area (Å²) >= 11 is 3.19. The highest BCUT2D eigenvalue weighted by Crippen LogP contribution is 2.31. The summed E-state index contributed by atoms with van der Waals surface area (Å²) in [5, 5.41) is 0.348. The summed E-state index contributed by atoms with van der Waals surface area (Å²) in [6.07, 6.45) is 0. The number of ether oxygens (including phenoxy) is 1. The summed E-state index contributed by atoms with van der Waals surface area (Å²) in [6, 6.07) is 4.42. The van der Waals surface area contributed by atoms with Crippen molar-refractivity contribution < 1.29 is 17.5 Å². The third-order valence-electron chi connectivity index (χ3n) is 3.22. The molecule has 1 aromatic rings. The summed E-state index contributed by atoms with van der Waals surface area (Å²) < 4.78 is 41.8. The minimum Gasteiger partial charge on any atom is -0.384 e. The second kappa shape index (κ2) is 6.33. The molecular weight excluding hydrogens is 335 g/mol. The van der Waals surface area contributed by atoms with Gasteiger partial charge in [-0.1, -0.05) is 28.1 Å². The Morgan fingerprint density at radius 2 is 2.00 bits per heavy atom. The zero-order valence-electron chi connectivity index (χ0n) is 11.2. The molecule has 1 aromatic carbocycles. The Morgan fingerprint density at radius 3 is 2.53 bits per heavy atom. The third-order valence-corrected chi connectivity index (χ3v) is 6.32. The van der Waals surface area contributed by atoms with E-state index in [0.717, 1.165) is 0 Å². The first-order chi connectivity index (χ1) is 8.76. The van der Waals surface area contributed by atoms with Gasteiger partial charge in [0.1, 0.15) is 5.82 Å². The second-order valence-corrected chi connectivity index (χ2v) is 7.98. The molecule has 0 aliphatic rings. The zero-order chi connectivity index (χ0) is 14.7. The lowest BCUT2D eigenvalue weighted by Crippen LogP contribution is -2.33. The van der Waals surface area contributed by atoms with Gasteiger partial charge in [0.2, 0.25) is 0 Å². The molecule has 0 saturated carbocycles. The average molecular weight is 353 g/mol. The zero-order valence-corrected chi connectivity index (χ0v) is 13.6. The molecule has 0 fully saturated rings. The minimum absolute atomic E-state index is 0.0580. The maximum absolute atomic E-state index is 13.5. The van der Waals surface area contributed by atoms with Crippen LogP contribution in [0, 0.1) is 5.82 Å². The van der Waals surface area contributed by atoms with Crippen molar-refractivity contribution in [3.63, 3.8) is 0 Å². The topological polar surface area (TPSA) is 43.4 Å². The predicted octanol–water partition coefficient (Wildman–Crippen LogP) is 3.02. The van der Waals surface area contributed by atoms with E-state index in [1.54, 1.807) is 19.9 Å². The number of halogens is 2. The summed E-state index contributed by atoms with van der Waals surface area (Å²) in [7, 11) is -1.91. The Hall–Kier alpha value is -0.460. The van der Waals surface area contributed by atoms with Gasteiger partial charge in [0, 0.05) is 12.4 Å². The normalized spacial score (nSPS) is 12.7. The van der Waals surface area contributed by atoms with Crippen molar-refractivity contribution in [2.24, 2.45) is 0 Å². The number of hydrogen-bond donors (Lipinski definition) is 0. The molecule has 0 aliphatic carbocycles. The second-order valence-electron chi connectivity index (χ2n) is 4.76. The molecule has 0 unspecified atom stereocenters. The molecule has 1 rings (SSSR count). The van der Waals surface area contributed by atoms with Crippen molar-refractivity contribution in [1.82, 2.24) is 0 Å². The van der Waals surface area contributed by atoms with Gasteiger partial charge in [-0.05, 0) is 31.0 Å². The van der Waals surface area contributed by atoms with Gasteiger partial charge in [-0.3, -0.25) is 0 Å². The number of benzene rings is 1. The number of methoxy groups -OCH3 is 1. The Bertz CT molecular complexity index is 541. The number of hydrogen-bond acceptors (Lipinski definition) is 3. The quantitative estimate of drug-likeness (QED) is 0.739. The van der Waals surface area contributed by atoms with E-state index in [0.29, 0.717) is 16.5 Å². The number of alkyl halides is 1. The molecule has 0 bridgehead atoms. The van der Waals surface area contributed by atoms with E-state index < -0.39 is 14.6 Å². The molecule has 0 saturated heterocycles. The van der Waals surface area contributed by atoms with Gasteiger partial charge in [0.25, 0.3) is 0 Å². The molecule has 19 heavy (non-hydrogen) atoms. The summed E-state index contributed by atoms with van der Waals surface area (Å²) in [5.41, 5.74) is 1.03. The van der Waals surface area contributed by atoms with Crippen LogP contribution >= 0.6 is 15.9 Å². The SMILES string of the molecule is COCCS(=O)(=O)C(C)(C)c1ccc(F)c(CBr)c1. The Labute approximate surface area is 122 Å². The fourth-order valence-electron chi connectivity index (χ4n) is 1.68. The average Bonchev–Trinajstić information content (AvgIpc) is 2.36. The fraction of sp³-hybridized carbons (Fsp3) is 0.538. The van der Waals surface area contributed by atoms with Crippen molar-refractivity contribution >= 4 is 25.8 Å². The van der Waals surface area contributed by atoms with Crippen LogP contribution in [0.15, 0.2) is 18.2 Å². The van der Waals surface area contributed by atoms with E-state index in [4.69, 9.17) is 4.74 Å². The van der Waals surface area contributed by atoms with E-state index in [9.17, 15) is 12.8 Å². The van der Waals surface area contributed by atoms with Crippen LogP contribution in [0.3, 0.4) is 0 Å². The van der Waals surface area contributed by atoms with Crippen LogP contribution in [0.2, 0.25) is 0 Å².